The van der Waals surface area contributed by atoms with Gasteiger partial charge in [0.2, 0.25) is 11.8 Å². The first kappa shape index (κ1) is 35.2. The maximum absolute atomic E-state index is 11.8. The lowest BCUT2D eigenvalue weighted by atomic mass is 10.0. The van der Waals surface area contributed by atoms with Crippen molar-refractivity contribution in [1.82, 2.24) is 15.3 Å². The van der Waals surface area contributed by atoms with Crippen LogP contribution in [0.5, 0.6) is 0 Å². The summed E-state index contributed by atoms with van der Waals surface area (Å²) in [5.41, 5.74) is 13.8. The van der Waals surface area contributed by atoms with Gasteiger partial charge in [-0.2, -0.15) is 0 Å². The molecule has 0 aliphatic rings. The quantitative estimate of drug-likeness (QED) is 0.129. The molecule has 4 aromatic carbocycles. The molecule has 0 saturated carbocycles. The van der Waals surface area contributed by atoms with Crippen molar-refractivity contribution in [2.24, 2.45) is 0 Å². The molecule has 3 amide bonds. The monoisotopic (exact) mass is 650 g/mol. The lowest BCUT2D eigenvalue weighted by molar-refractivity contribution is -0.112. The second-order valence-corrected chi connectivity index (χ2v) is 10.4. The number of hydrogen-bond acceptors (Lipinski definition) is 6. The number of pyridine rings is 2. The number of aromatic nitrogens is 2. The highest BCUT2D eigenvalue weighted by Gasteiger charge is 2.08. The number of anilines is 3. The third kappa shape index (κ3) is 9.24. The molecule has 49 heavy (non-hydrogen) atoms. The number of nitrogen functional groups attached to an aromatic ring is 1. The van der Waals surface area contributed by atoms with Crippen LogP contribution in [0.25, 0.3) is 44.1 Å². The summed E-state index contributed by atoms with van der Waals surface area (Å²) < 4.78 is 0. The van der Waals surface area contributed by atoms with Crippen molar-refractivity contribution in [3.63, 3.8) is 0 Å². The van der Waals surface area contributed by atoms with Gasteiger partial charge in [0, 0.05) is 29.2 Å². The molecule has 6 rings (SSSR count). The Labute approximate surface area is 285 Å². The summed E-state index contributed by atoms with van der Waals surface area (Å²) in [5.74, 6) is -0.707. The van der Waals surface area contributed by atoms with Gasteiger partial charge in [-0.05, 0) is 89.0 Å². The van der Waals surface area contributed by atoms with Gasteiger partial charge in [0.1, 0.15) is 5.69 Å². The SMILES string of the molecule is C=CC(=O)Nc1cccc(-c2ccc3ccc(C(=O)NC)nc3c2)c1.C=CC(=O)Nc1cccc(-c2ccc3ncc(N)cc3c2)c1.CC. The van der Waals surface area contributed by atoms with E-state index in [0.717, 1.165) is 49.7 Å². The Morgan fingerprint density at radius 2 is 1.20 bits per heavy atom. The van der Waals surface area contributed by atoms with E-state index in [1.54, 1.807) is 19.3 Å². The van der Waals surface area contributed by atoms with Crippen LogP contribution in [-0.2, 0) is 9.59 Å². The minimum absolute atomic E-state index is 0.221. The van der Waals surface area contributed by atoms with Gasteiger partial charge in [-0.15, -0.1) is 0 Å². The van der Waals surface area contributed by atoms with Gasteiger partial charge in [0.05, 0.1) is 22.9 Å². The molecule has 5 N–H and O–H groups in total. The van der Waals surface area contributed by atoms with Crippen molar-refractivity contribution >= 4 is 56.6 Å². The molecule has 2 heterocycles. The van der Waals surface area contributed by atoms with Crippen LogP contribution < -0.4 is 21.7 Å². The zero-order chi connectivity index (χ0) is 35.3. The highest BCUT2D eigenvalue weighted by atomic mass is 16.2. The molecule has 9 heteroatoms. The zero-order valence-electron chi connectivity index (χ0n) is 27.7. The fourth-order valence-electron chi connectivity index (χ4n) is 4.82. The molecule has 246 valence electrons. The van der Waals surface area contributed by atoms with Crippen molar-refractivity contribution in [3.8, 4) is 22.3 Å². The molecule has 0 aliphatic carbocycles. The molecular formula is C40H38N6O3. The van der Waals surface area contributed by atoms with Gasteiger partial charge in [-0.25, -0.2) is 4.98 Å². The Bertz CT molecular complexity index is 2160. The molecule has 2 aromatic heterocycles. The van der Waals surface area contributed by atoms with Crippen LogP contribution >= 0.6 is 0 Å². The fourth-order valence-corrected chi connectivity index (χ4v) is 4.82. The Morgan fingerprint density at radius 1 is 0.653 bits per heavy atom. The van der Waals surface area contributed by atoms with E-state index in [2.05, 4.69) is 39.1 Å². The van der Waals surface area contributed by atoms with Gasteiger partial charge in [-0.1, -0.05) is 75.5 Å². The van der Waals surface area contributed by atoms with Gasteiger partial charge < -0.3 is 21.7 Å². The minimum atomic E-state index is -0.257. The smallest absolute Gasteiger partial charge is 0.269 e. The Kier molecular flexibility index (Phi) is 12.1. The summed E-state index contributed by atoms with van der Waals surface area (Å²) in [4.78, 5) is 43.3. The fraction of sp³-hybridized carbons (Fsp3) is 0.0750. The molecule has 0 spiro atoms. The summed E-state index contributed by atoms with van der Waals surface area (Å²) in [6.45, 7) is 10.9. The first-order valence-corrected chi connectivity index (χ1v) is 15.6. The molecule has 0 bridgehead atoms. The van der Waals surface area contributed by atoms with Crippen LogP contribution in [0, 0.1) is 0 Å². The number of nitrogens with one attached hydrogen (secondary N) is 3. The van der Waals surface area contributed by atoms with Crippen LogP contribution in [0.15, 0.2) is 135 Å². The second kappa shape index (κ2) is 16.8. The third-order valence-corrected chi connectivity index (χ3v) is 7.15. The van der Waals surface area contributed by atoms with E-state index >= 15 is 0 Å². The molecule has 0 aliphatic heterocycles. The Balaban J connectivity index is 0.000000212. The van der Waals surface area contributed by atoms with Crippen molar-refractivity contribution < 1.29 is 14.4 Å². The lowest BCUT2D eigenvalue weighted by Crippen LogP contribution is -2.18. The number of amides is 3. The van der Waals surface area contributed by atoms with Crippen molar-refractivity contribution in [3.05, 3.63) is 140 Å². The van der Waals surface area contributed by atoms with Crippen molar-refractivity contribution in [2.75, 3.05) is 23.4 Å². The number of benzene rings is 4. The Hall–Kier alpha value is -6.61. The topological polar surface area (TPSA) is 139 Å². The first-order valence-electron chi connectivity index (χ1n) is 15.6. The highest BCUT2D eigenvalue weighted by Crippen LogP contribution is 2.28. The van der Waals surface area contributed by atoms with Crippen molar-refractivity contribution in [1.29, 1.82) is 0 Å². The predicted molar refractivity (Wildman–Crippen MR) is 201 cm³/mol. The number of carbonyl (C=O) groups excluding carboxylic acids is 3. The molecule has 6 aromatic rings. The summed E-state index contributed by atoms with van der Waals surface area (Å²) in [5, 5.41) is 10.0. The van der Waals surface area contributed by atoms with Gasteiger partial charge >= 0.3 is 0 Å². The summed E-state index contributed by atoms with van der Waals surface area (Å²) in [6.07, 6.45) is 4.12. The molecule has 0 saturated heterocycles. The first-order chi connectivity index (χ1) is 23.8. The van der Waals surface area contributed by atoms with E-state index in [1.807, 2.05) is 111 Å². The van der Waals surface area contributed by atoms with Gasteiger partial charge in [-0.3, -0.25) is 19.4 Å². The summed E-state index contributed by atoms with van der Waals surface area (Å²) >= 11 is 0. The predicted octanol–water partition coefficient (Wildman–Crippen LogP) is 8.02. The van der Waals surface area contributed by atoms with E-state index in [-0.39, 0.29) is 17.7 Å². The van der Waals surface area contributed by atoms with Crippen LogP contribution in [0.2, 0.25) is 0 Å². The van der Waals surface area contributed by atoms with E-state index in [1.165, 1.54) is 12.2 Å². The normalized spacial score (nSPS) is 10.0. The number of nitrogens with two attached hydrogens (primary N) is 1. The lowest BCUT2D eigenvalue weighted by Gasteiger charge is -2.08. The molecule has 9 nitrogen and oxygen atoms in total. The maximum Gasteiger partial charge on any atom is 0.269 e. The number of nitrogens with zero attached hydrogens (tertiary/aromatic N) is 2. The van der Waals surface area contributed by atoms with E-state index in [0.29, 0.717) is 17.1 Å². The number of rotatable bonds is 7. The average molecular weight is 651 g/mol. The van der Waals surface area contributed by atoms with Crippen LogP contribution in [0.1, 0.15) is 24.3 Å². The third-order valence-electron chi connectivity index (χ3n) is 7.15. The summed E-state index contributed by atoms with van der Waals surface area (Å²) in [7, 11) is 1.58. The van der Waals surface area contributed by atoms with Crippen LogP contribution in [-0.4, -0.2) is 34.7 Å². The largest absolute Gasteiger partial charge is 0.397 e. The molecule has 0 radical (unpaired) electrons. The van der Waals surface area contributed by atoms with E-state index < -0.39 is 0 Å². The number of carbonyl (C=O) groups is 3. The van der Waals surface area contributed by atoms with Crippen LogP contribution in [0.4, 0.5) is 17.1 Å². The number of hydrogen-bond donors (Lipinski definition) is 4. The van der Waals surface area contributed by atoms with E-state index in [9.17, 15) is 14.4 Å². The number of fused-ring (bicyclic) bond motifs is 2. The molecule has 0 unspecified atom stereocenters. The van der Waals surface area contributed by atoms with E-state index in [4.69, 9.17) is 5.73 Å². The van der Waals surface area contributed by atoms with Gasteiger partial charge in [0.15, 0.2) is 0 Å². The Morgan fingerprint density at radius 3 is 1.80 bits per heavy atom. The summed E-state index contributed by atoms with van der Waals surface area (Å²) in [6, 6.07) is 32.5. The highest BCUT2D eigenvalue weighted by molar-refractivity contribution is 6.00. The maximum atomic E-state index is 11.8. The van der Waals surface area contributed by atoms with Gasteiger partial charge in [0.25, 0.3) is 5.91 Å². The molecule has 0 fully saturated rings. The van der Waals surface area contributed by atoms with Crippen LogP contribution in [0.3, 0.4) is 0 Å². The van der Waals surface area contributed by atoms with Crippen molar-refractivity contribution in [2.45, 2.75) is 13.8 Å². The standard InChI is InChI=1S/C20H17N3O2.C18H15N3O.C2H6/c1-3-19(24)22-16-6-4-5-14(11-16)15-8-7-13-9-10-17(20(25)21-2)23-18(13)12-15;1-2-18(22)21-16-5-3-4-12(10-16)13-6-7-17-14(8-13)9-15(19)11-20-17;1-2/h3-12H,1H2,2H3,(H,21,25)(H,22,24);2-11H,1,19H2,(H,21,22);1-2H3. The molecule has 0 atom stereocenters. The average Bonchev–Trinajstić information content (AvgIpc) is 3.14. The molecular weight excluding hydrogens is 612 g/mol. The second-order valence-electron chi connectivity index (χ2n) is 10.4. The minimum Gasteiger partial charge on any atom is -0.397 e. The zero-order valence-corrected chi connectivity index (χ0v) is 27.7.